The lowest BCUT2D eigenvalue weighted by Crippen LogP contribution is -2.07. The van der Waals surface area contributed by atoms with E-state index in [0.717, 1.165) is 19.4 Å². The van der Waals surface area contributed by atoms with Gasteiger partial charge < -0.3 is 0 Å². The largest absolute Gasteiger partial charge is 0.266 e. The molecule has 14 heavy (non-hydrogen) atoms. The summed E-state index contributed by atoms with van der Waals surface area (Å²) in [5, 5.41) is 4.48. The van der Waals surface area contributed by atoms with Crippen LogP contribution < -0.4 is 0 Å². The van der Waals surface area contributed by atoms with Gasteiger partial charge in [-0.3, -0.25) is 4.68 Å². The Bertz CT molecular complexity index is 341. The molecule has 2 rings (SSSR count). The highest BCUT2D eigenvalue weighted by Gasteiger charge is 2.14. The first-order valence-electron chi connectivity index (χ1n) is 5.18. The maximum Gasteiger partial charge on any atom is 0.0639 e. The van der Waals surface area contributed by atoms with Crippen molar-refractivity contribution < 1.29 is 0 Å². The molecular weight excluding hydrogens is 196 g/mol. The molecule has 1 atom stereocenters. The van der Waals surface area contributed by atoms with Gasteiger partial charge in [0.1, 0.15) is 0 Å². The number of hydrogen-bond donors (Lipinski definition) is 0. The summed E-state index contributed by atoms with van der Waals surface area (Å²) >= 11 is 6.12. The number of aromatic nitrogens is 2. The lowest BCUT2D eigenvalue weighted by atomic mass is 9.97. The molecule has 0 aliphatic heterocycles. The predicted molar refractivity (Wildman–Crippen MR) is 59.4 cm³/mol. The summed E-state index contributed by atoms with van der Waals surface area (Å²) in [6, 6.07) is 2.07. The van der Waals surface area contributed by atoms with E-state index in [-0.39, 0.29) is 5.38 Å². The first kappa shape index (κ1) is 9.78. The second-order valence-electron chi connectivity index (χ2n) is 3.63. The van der Waals surface area contributed by atoms with E-state index in [2.05, 4.69) is 24.2 Å². The molecule has 76 valence electrons. The average molecular weight is 211 g/mol. The number of nitrogens with zero attached hydrogens (tertiary/aromatic N) is 2. The van der Waals surface area contributed by atoms with Gasteiger partial charge in [0.05, 0.1) is 11.1 Å². The van der Waals surface area contributed by atoms with Crippen LogP contribution in [0.4, 0.5) is 0 Å². The molecule has 1 aliphatic rings. The van der Waals surface area contributed by atoms with Crippen LogP contribution in [0.25, 0.3) is 5.57 Å². The van der Waals surface area contributed by atoms with E-state index in [4.69, 9.17) is 11.6 Å². The van der Waals surface area contributed by atoms with Crippen molar-refractivity contribution in [2.24, 2.45) is 0 Å². The maximum absolute atomic E-state index is 6.12. The summed E-state index contributed by atoms with van der Waals surface area (Å²) in [6.45, 7) is 3.03. The van der Waals surface area contributed by atoms with Crippen molar-refractivity contribution >= 4 is 17.2 Å². The van der Waals surface area contributed by atoms with Gasteiger partial charge in [0.2, 0.25) is 0 Å². The van der Waals surface area contributed by atoms with Crippen LogP contribution >= 0.6 is 11.6 Å². The van der Waals surface area contributed by atoms with Crippen LogP contribution in [0, 0.1) is 0 Å². The van der Waals surface area contributed by atoms with E-state index in [0.29, 0.717) is 0 Å². The zero-order valence-corrected chi connectivity index (χ0v) is 9.17. The lowest BCUT2D eigenvalue weighted by Gasteiger charge is -2.17. The van der Waals surface area contributed by atoms with Crippen LogP contribution in [0.15, 0.2) is 18.3 Å². The van der Waals surface area contributed by atoms with E-state index in [9.17, 15) is 0 Å². The van der Waals surface area contributed by atoms with E-state index in [1.165, 1.54) is 17.7 Å². The number of aryl methyl sites for hydroxylation is 1. The monoisotopic (exact) mass is 210 g/mol. The molecule has 1 unspecified atom stereocenters. The van der Waals surface area contributed by atoms with Crippen LogP contribution in [0.1, 0.15) is 31.9 Å². The standard InChI is InChI=1S/C11H15ClN2/c1-2-14-11(6-7-13-14)9-4-3-5-10(12)8-9/h6-8,10H,2-5H2,1H3. The molecule has 1 heterocycles. The second kappa shape index (κ2) is 4.18. The van der Waals surface area contributed by atoms with Crippen molar-refractivity contribution in [3.8, 4) is 0 Å². The van der Waals surface area contributed by atoms with Crippen molar-refractivity contribution in [2.45, 2.75) is 38.1 Å². The fourth-order valence-corrected chi connectivity index (χ4v) is 2.25. The molecule has 2 nitrogen and oxygen atoms in total. The molecule has 0 saturated carbocycles. The normalized spacial score (nSPS) is 22.1. The Labute approximate surface area is 89.6 Å². The Morgan fingerprint density at radius 2 is 2.50 bits per heavy atom. The molecule has 0 aromatic carbocycles. The zero-order chi connectivity index (χ0) is 9.97. The minimum absolute atomic E-state index is 0.207. The van der Waals surface area contributed by atoms with Gasteiger partial charge in [0.25, 0.3) is 0 Å². The topological polar surface area (TPSA) is 17.8 Å². The molecule has 1 aromatic heterocycles. The number of halogens is 1. The Morgan fingerprint density at radius 1 is 1.64 bits per heavy atom. The second-order valence-corrected chi connectivity index (χ2v) is 4.19. The summed E-state index contributed by atoms with van der Waals surface area (Å²) in [5.74, 6) is 0. The minimum atomic E-state index is 0.207. The van der Waals surface area contributed by atoms with Crippen LogP contribution in [0.2, 0.25) is 0 Å². The summed E-state index contributed by atoms with van der Waals surface area (Å²) in [7, 11) is 0. The van der Waals surface area contributed by atoms with Crippen LogP contribution in [0.3, 0.4) is 0 Å². The zero-order valence-electron chi connectivity index (χ0n) is 8.41. The lowest BCUT2D eigenvalue weighted by molar-refractivity contribution is 0.643. The molecule has 0 spiro atoms. The molecule has 0 radical (unpaired) electrons. The highest BCUT2D eigenvalue weighted by atomic mass is 35.5. The van der Waals surface area contributed by atoms with Gasteiger partial charge in [-0.1, -0.05) is 6.08 Å². The predicted octanol–water partition coefficient (Wildman–Crippen LogP) is 3.08. The maximum atomic E-state index is 6.12. The fourth-order valence-electron chi connectivity index (χ4n) is 1.94. The van der Waals surface area contributed by atoms with E-state index in [1.807, 2.05) is 10.9 Å². The highest BCUT2D eigenvalue weighted by molar-refractivity contribution is 6.22. The van der Waals surface area contributed by atoms with Gasteiger partial charge in [0, 0.05) is 12.7 Å². The number of rotatable bonds is 2. The van der Waals surface area contributed by atoms with Crippen molar-refractivity contribution in [1.29, 1.82) is 0 Å². The first-order chi connectivity index (χ1) is 6.81. The number of hydrogen-bond acceptors (Lipinski definition) is 1. The Morgan fingerprint density at radius 3 is 3.21 bits per heavy atom. The fraction of sp³-hybridized carbons (Fsp3) is 0.545. The van der Waals surface area contributed by atoms with Crippen LogP contribution in [0.5, 0.6) is 0 Å². The molecule has 0 saturated heterocycles. The Balaban J connectivity index is 2.29. The summed E-state index contributed by atoms with van der Waals surface area (Å²) < 4.78 is 2.03. The van der Waals surface area contributed by atoms with Crippen LogP contribution in [-0.2, 0) is 6.54 Å². The number of alkyl halides is 1. The summed E-state index contributed by atoms with van der Waals surface area (Å²) in [4.78, 5) is 0. The first-order valence-corrected chi connectivity index (χ1v) is 5.62. The molecule has 0 amide bonds. The van der Waals surface area contributed by atoms with Gasteiger partial charge >= 0.3 is 0 Å². The molecule has 0 bridgehead atoms. The van der Waals surface area contributed by atoms with E-state index < -0.39 is 0 Å². The van der Waals surface area contributed by atoms with E-state index in [1.54, 1.807) is 0 Å². The summed E-state index contributed by atoms with van der Waals surface area (Å²) in [5.41, 5.74) is 2.59. The minimum Gasteiger partial charge on any atom is -0.266 e. The van der Waals surface area contributed by atoms with Gasteiger partial charge in [0.15, 0.2) is 0 Å². The third-order valence-electron chi connectivity index (χ3n) is 2.65. The van der Waals surface area contributed by atoms with Gasteiger partial charge in [-0.25, -0.2) is 0 Å². The third kappa shape index (κ3) is 1.85. The van der Waals surface area contributed by atoms with Crippen molar-refractivity contribution in [3.05, 3.63) is 24.0 Å². The molecular formula is C11H15ClN2. The quantitative estimate of drug-likeness (QED) is 0.686. The Kier molecular flexibility index (Phi) is 2.92. The highest BCUT2D eigenvalue weighted by Crippen LogP contribution is 2.28. The molecule has 1 aromatic rings. The molecule has 3 heteroatoms. The van der Waals surface area contributed by atoms with Crippen molar-refractivity contribution in [1.82, 2.24) is 9.78 Å². The van der Waals surface area contributed by atoms with Gasteiger partial charge in [-0.2, -0.15) is 5.10 Å². The van der Waals surface area contributed by atoms with Gasteiger partial charge in [-0.15, -0.1) is 11.6 Å². The smallest absolute Gasteiger partial charge is 0.0639 e. The third-order valence-corrected chi connectivity index (χ3v) is 3.00. The molecule has 0 N–H and O–H groups in total. The Hall–Kier alpha value is -0.760. The number of allylic oxidation sites excluding steroid dienone is 2. The summed E-state index contributed by atoms with van der Waals surface area (Å²) in [6.07, 6.45) is 7.46. The molecule has 0 fully saturated rings. The SMILES string of the molecule is CCn1nccc1C1=CC(Cl)CCC1. The molecule has 1 aliphatic carbocycles. The van der Waals surface area contributed by atoms with Crippen LogP contribution in [-0.4, -0.2) is 15.2 Å². The van der Waals surface area contributed by atoms with Crippen molar-refractivity contribution in [2.75, 3.05) is 0 Å². The van der Waals surface area contributed by atoms with E-state index >= 15 is 0 Å². The average Bonchev–Trinajstić information content (AvgIpc) is 2.65. The van der Waals surface area contributed by atoms with Gasteiger partial charge in [-0.05, 0) is 37.8 Å². The van der Waals surface area contributed by atoms with Crippen molar-refractivity contribution in [3.63, 3.8) is 0 Å².